The number of amides is 3. The van der Waals surface area contributed by atoms with Gasteiger partial charge in [0, 0.05) is 11.7 Å². The predicted molar refractivity (Wildman–Crippen MR) is 161 cm³/mol. The van der Waals surface area contributed by atoms with Crippen LogP contribution in [0.2, 0.25) is 0 Å². The topological polar surface area (TPSA) is 117 Å². The molecule has 4 aliphatic rings. The fraction of sp³-hybridized carbons (Fsp3) is 0.559. The number of likely N-dealkylation sites (tertiary alicyclic amines) is 1. The minimum Gasteiger partial charge on any atom is -0.494 e. The van der Waals surface area contributed by atoms with Crippen LogP contribution >= 0.6 is 0 Å². The number of hydrogen-bond donors (Lipinski definition) is 3. The Morgan fingerprint density at radius 3 is 2.40 bits per heavy atom. The molecule has 3 aliphatic heterocycles. The summed E-state index contributed by atoms with van der Waals surface area (Å²) in [4.78, 5) is 44.6. The summed E-state index contributed by atoms with van der Waals surface area (Å²) < 4.78 is 12.4. The van der Waals surface area contributed by atoms with Gasteiger partial charge in [0.2, 0.25) is 17.7 Å². The standard InChI is InChI=1S/C34H43N3O6/c1-3-33-19-20-34(43-33)28(27(33)30(39)35-24-15-17-25(18-16-24)42-4-2)32(41)37(26(21-38)22-11-7-5-8-12-22)29(34)31(40)36-23-13-9-6-10-14-23/h5,7-8,11-12,15-18,23,26-29,38H,3-4,6,9-10,13-14,19-21H2,1-2H3,(H,35,39)(H,36,40)/t26-,27+,28+,29?,33-,34?/m1/s1. The highest BCUT2D eigenvalue weighted by atomic mass is 16.5. The lowest BCUT2D eigenvalue weighted by atomic mass is 9.65. The van der Waals surface area contributed by atoms with Gasteiger partial charge in [-0.15, -0.1) is 0 Å². The maximum atomic E-state index is 14.7. The smallest absolute Gasteiger partial charge is 0.246 e. The van der Waals surface area contributed by atoms with Gasteiger partial charge in [0.25, 0.3) is 0 Å². The van der Waals surface area contributed by atoms with Crippen LogP contribution in [0.5, 0.6) is 5.75 Å². The van der Waals surface area contributed by atoms with E-state index in [0.29, 0.717) is 37.3 Å². The SMILES string of the molecule is CCOc1ccc(NC(=O)[C@@H]2[C@H]3C(=O)N([C@H](CO)c4ccccc4)C(C(=O)NC4CCCCC4)C34CC[C@@]2(CC)O4)cc1. The summed E-state index contributed by atoms with van der Waals surface area (Å²) in [5.74, 6) is -1.78. The first-order valence-corrected chi connectivity index (χ1v) is 15.9. The summed E-state index contributed by atoms with van der Waals surface area (Å²) in [5.41, 5.74) is -0.676. The molecule has 230 valence electrons. The first kappa shape index (κ1) is 29.6. The molecule has 1 spiro atoms. The summed E-state index contributed by atoms with van der Waals surface area (Å²) in [6, 6.07) is 14.8. The van der Waals surface area contributed by atoms with Crippen LogP contribution in [0.1, 0.15) is 76.8 Å². The van der Waals surface area contributed by atoms with E-state index in [9.17, 15) is 19.5 Å². The Hall–Kier alpha value is -3.43. The average molecular weight is 590 g/mol. The molecule has 0 aromatic heterocycles. The Bertz CT molecular complexity index is 1330. The maximum Gasteiger partial charge on any atom is 0.246 e. The number of aliphatic hydroxyl groups is 1. The molecule has 1 aliphatic carbocycles. The van der Waals surface area contributed by atoms with Crippen molar-refractivity contribution in [3.8, 4) is 5.75 Å². The van der Waals surface area contributed by atoms with E-state index in [1.165, 1.54) is 0 Å². The van der Waals surface area contributed by atoms with Crippen LogP contribution in [0.25, 0.3) is 0 Å². The average Bonchev–Trinajstić information content (AvgIpc) is 3.63. The van der Waals surface area contributed by atoms with Crippen LogP contribution in [0, 0.1) is 11.8 Å². The number of rotatable bonds is 10. The summed E-state index contributed by atoms with van der Waals surface area (Å²) >= 11 is 0. The van der Waals surface area contributed by atoms with Crippen molar-refractivity contribution in [2.75, 3.05) is 18.5 Å². The van der Waals surface area contributed by atoms with Crippen LogP contribution in [-0.4, -0.2) is 64.2 Å². The van der Waals surface area contributed by atoms with Gasteiger partial charge in [-0.2, -0.15) is 0 Å². The fourth-order valence-corrected chi connectivity index (χ4v) is 8.27. The fourth-order valence-electron chi connectivity index (χ4n) is 8.27. The van der Waals surface area contributed by atoms with E-state index in [1.54, 1.807) is 29.2 Å². The maximum absolute atomic E-state index is 14.7. The number of fused-ring (bicyclic) bond motifs is 1. The van der Waals surface area contributed by atoms with Crippen molar-refractivity contribution < 1.29 is 29.0 Å². The molecule has 3 heterocycles. The van der Waals surface area contributed by atoms with Gasteiger partial charge in [0.05, 0.1) is 36.7 Å². The molecule has 2 unspecified atom stereocenters. The molecule has 4 fully saturated rings. The second kappa shape index (κ2) is 11.9. The Labute approximate surface area is 253 Å². The summed E-state index contributed by atoms with van der Waals surface area (Å²) in [6.45, 7) is 4.08. The molecule has 3 N–H and O–H groups in total. The van der Waals surface area contributed by atoms with Gasteiger partial charge in [-0.1, -0.05) is 56.5 Å². The monoisotopic (exact) mass is 589 g/mol. The third kappa shape index (κ3) is 5.00. The number of benzene rings is 2. The number of ether oxygens (including phenoxy) is 2. The van der Waals surface area contributed by atoms with E-state index < -0.39 is 35.1 Å². The highest BCUT2D eigenvalue weighted by Gasteiger charge is 2.79. The Morgan fingerprint density at radius 2 is 1.74 bits per heavy atom. The lowest BCUT2D eigenvalue weighted by molar-refractivity contribution is -0.150. The Morgan fingerprint density at radius 1 is 1.02 bits per heavy atom. The van der Waals surface area contributed by atoms with Gasteiger partial charge in [-0.05, 0) is 68.9 Å². The highest BCUT2D eigenvalue weighted by molar-refractivity contribution is 6.02. The number of nitrogens with one attached hydrogen (secondary N) is 2. The lowest BCUT2D eigenvalue weighted by Crippen LogP contribution is -2.57. The van der Waals surface area contributed by atoms with Gasteiger partial charge in [-0.3, -0.25) is 14.4 Å². The van der Waals surface area contributed by atoms with Crippen molar-refractivity contribution in [2.45, 2.75) is 94.5 Å². The van der Waals surface area contributed by atoms with Crippen molar-refractivity contribution >= 4 is 23.4 Å². The normalized spacial score (nSPS) is 30.6. The molecular weight excluding hydrogens is 546 g/mol. The van der Waals surface area contributed by atoms with E-state index in [0.717, 1.165) is 37.7 Å². The van der Waals surface area contributed by atoms with Gasteiger partial charge in [0.15, 0.2) is 0 Å². The minimum absolute atomic E-state index is 0.0375. The molecular formula is C34H43N3O6. The number of carbonyl (C=O) groups excluding carboxylic acids is 3. The second-order valence-electron chi connectivity index (χ2n) is 12.5. The van der Waals surface area contributed by atoms with Crippen LogP contribution in [-0.2, 0) is 19.1 Å². The molecule has 3 saturated heterocycles. The van der Waals surface area contributed by atoms with Crippen LogP contribution in [0.15, 0.2) is 54.6 Å². The van der Waals surface area contributed by atoms with Crippen LogP contribution < -0.4 is 15.4 Å². The second-order valence-corrected chi connectivity index (χ2v) is 12.5. The van der Waals surface area contributed by atoms with Crippen LogP contribution in [0.4, 0.5) is 5.69 Å². The van der Waals surface area contributed by atoms with E-state index in [-0.39, 0.29) is 30.4 Å². The molecule has 6 rings (SSSR count). The van der Waals surface area contributed by atoms with Gasteiger partial charge >= 0.3 is 0 Å². The number of aliphatic hydroxyl groups excluding tert-OH is 1. The van der Waals surface area contributed by atoms with Crippen molar-refractivity contribution in [3.05, 3.63) is 60.2 Å². The Balaban J connectivity index is 1.37. The van der Waals surface area contributed by atoms with Crippen molar-refractivity contribution in [1.82, 2.24) is 10.2 Å². The van der Waals surface area contributed by atoms with Crippen molar-refractivity contribution in [2.24, 2.45) is 11.8 Å². The van der Waals surface area contributed by atoms with Crippen molar-refractivity contribution in [1.29, 1.82) is 0 Å². The van der Waals surface area contributed by atoms with E-state index in [1.807, 2.05) is 44.2 Å². The number of hydrogen-bond acceptors (Lipinski definition) is 6. The first-order valence-electron chi connectivity index (χ1n) is 15.9. The third-order valence-corrected chi connectivity index (χ3v) is 10.2. The minimum atomic E-state index is -1.16. The quantitative estimate of drug-likeness (QED) is 0.379. The van der Waals surface area contributed by atoms with Crippen molar-refractivity contribution in [3.63, 3.8) is 0 Å². The number of nitrogens with zero attached hydrogens (tertiary/aromatic N) is 1. The van der Waals surface area contributed by atoms with Gasteiger partial charge in [0.1, 0.15) is 17.4 Å². The molecule has 9 heteroatoms. The van der Waals surface area contributed by atoms with Crippen LogP contribution in [0.3, 0.4) is 0 Å². The Kier molecular flexibility index (Phi) is 8.22. The van der Waals surface area contributed by atoms with E-state index in [2.05, 4.69) is 10.6 Å². The zero-order valence-electron chi connectivity index (χ0n) is 25.1. The predicted octanol–water partition coefficient (Wildman–Crippen LogP) is 4.36. The van der Waals surface area contributed by atoms with E-state index in [4.69, 9.17) is 9.47 Å². The molecule has 1 saturated carbocycles. The largest absolute Gasteiger partial charge is 0.494 e. The molecule has 43 heavy (non-hydrogen) atoms. The lowest BCUT2D eigenvalue weighted by Gasteiger charge is -2.38. The summed E-state index contributed by atoms with van der Waals surface area (Å²) in [5, 5.41) is 17.0. The first-order chi connectivity index (χ1) is 20.9. The third-order valence-electron chi connectivity index (χ3n) is 10.2. The highest BCUT2D eigenvalue weighted by Crippen LogP contribution is 2.65. The zero-order chi connectivity index (χ0) is 30.2. The molecule has 3 amide bonds. The summed E-state index contributed by atoms with van der Waals surface area (Å²) in [7, 11) is 0. The molecule has 2 aromatic carbocycles. The number of anilines is 1. The summed E-state index contributed by atoms with van der Waals surface area (Å²) in [6.07, 6.45) is 6.67. The molecule has 0 radical (unpaired) electrons. The molecule has 9 nitrogen and oxygen atoms in total. The molecule has 2 aromatic rings. The number of carbonyl (C=O) groups is 3. The van der Waals surface area contributed by atoms with E-state index >= 15 is 0 Å². The van der Waals surface area contributed by atoms with Gasteiger partial charge < -0.3 is 30.1 Å². The zero-order valence-corrected chi connectivity index (χ0v) is 25.1. The van der Waals surface area contributed by atoms with Gasteiger partial charge in [-0.25, -0.2) is 0 Å². The molecule has 6 atom stereocenters. The molecule has 2 bridgehead atoms.